The van der Waals surface area contributed by atoms with Gasteiger partial charge >= 0.3 is 0 Å². The van der Waals surface area contributed by atoms with Crippen molar-refractivity contribution in [3.63, 3.8) is 0 Å². The first kappa shape index (κ1) is 12.2. The average molecular weight is 260 g/mol. The third kappa shape index (κ3) is 2.89. The molecular weight excluding hydrogens is 245 g/mol. The minimum atomic E-state index is -0.0449. The second-order valence-electron chi connectivity index (χ2n) is 4.21. The van der Waals surface area contributed by atoms with Crippen LogP contribution in [0.25, 0.3) is 0 Å². The van der Waals surface area contributed by atoms with Gasteiger partial charge in [-0.2, -0.15) is 0 Å². The zero-order valence-electron chi connectivity index (χ0n) is 8.96. The number of nitrogens with two attached hydrogens (primary N) is 1. The summed E-state index contributed by atoms with van der Waals surface area (Å²) in [6.45, 7) is 1.57. The van der Waals surface area contributed by atoms with Crippen LogP contribution in [0.4, 0.5) is 0 Å². The Morgan fingerprint density at radius 1 is 1.25 bits per heavy atom. The van der Waals surface area contributed by atoms with Crippen LogP contribution in [0.15, 0.2) is 18.2 Å². The Kier molecular flexibility index (Phi) is 4.09. The van der Waals surface area contributed by atoms with Crippen LogP contribution in [0.1, 0.15) is 24.4 Å². The molecule has 1 heterocycles. The fourth-order valence-corrected chi connectivity index (χ4v) is 2.63. The van der Waals surface area contributed by atoms with E-state index in [1.54, 1.807) is 6.07 Å². The number of benzene rings is 1. The van der Waals surface area contributed by atoms with Gasteiger partial charge in [0.25, 0.3) is 0 Å². The fraction of sp³-hybridized carbons (Fsp3) is 0.500. The normalized spacial score (nSPS) is 23.1. The monoisotopic (exact) mass is 259 g/mol. The Labute approximate surface area is 106 Å². The highest BCUT2D eigenvalue weighted by Crippen LogP contribution is 2.30. The van der Waals surface area contributed by atoms with Crippen LogP contribution in [-0.4, -0.2) is 13.2 Å². The molecule has 1 saturated heterocycles. The number of hydrogen-bond donors (Lipinski definition) is 1. The highest BCUT2D eigenvalue weighted by atomic mass is 35.5. The molecule has 4 heteroatoms. The van der Waals surface area contributed by atoms with E-state index in [-0.39, 0.29) is 6.04 Å². The molecule has 0 spiro atoms. The van der Waals surface area contributed by atoms with Gasteiger partial charge in [-0.3, -0.25) is 0 Å². The molecular formula is C12H15Cl2NO. The molecule has 0 aliphatic carbocycles. The minimum Gasteiger partial charge on any atom is -0.381 e. The van der Waals surface area contributed by atoms with Crippen molar-refractivity contribution < 1.29 is 4.74 Å². The van der Waals surface area contributed by atoms with Crippen molar-refractivity contribution in [2.24, 2.45) is 11.7 Å². The Bertz CT molecular complexity index is 344. The molecule has 0 radical (unpaired) electrons. The first-order valence-electron chi connectivity index (χ1n) is 5.46. The van der Waals surface area contributed by atoms with E-state index in [2.05, 4.69) is 0 Å². The number of ether oxygens (including phenoxy) is 1. The maximum absolute atomic E-state index is 6.21. The molecule has 2 rings (SSSR count). The van der Waals surface area contributed by atoms with Crippen molar-refractivity contribution in [1.29, 1.82) is 0 Å². The molecule has 1 aliphatic heterocycles. The van der Waals surface area contributed by atoms with Gasteiger partial charge in [0.1, 0.15) is 0 Å². The molecule has 2 nitrogen and oxygen atoms in total. The van der Waals surface area contributed by atoms with Crippen LogP contribution in [0.3, 0.4) is 0 Å². The zero-order chi connectivity index (χ0) is 11.5. The molecule has 1 fully saturated rings. The summed E-state index contributed by atoms with van der Waals surface area (Å²) >= 11 is 11.9. The zero-order valence-corrected chi connectivity index (χ0v) is 10.5. The van der Waals surface area contributed by atoms with E-state index in [4.69, 9.17) is 33.7 Å². The summed E-state index contributed by atoms with van der Waals surface area (Å²) in [6, 6.07) is 5.44. The molecule has 2 atom stereocenters. The molecule has 16 heavy (non-hydrogen) atoms. The third-order valence-corrected chi connectivity index (χ3v) is 3.41. The van der Waals surface area contributed by atoms with Gasteiger partial charge in [-0.15, -0.1) is 0 Å². The third-order valence-electron chi connectivity index (χ3n) is 2.97. The lowest BCUT2D eigenvalue weighted by molar-refractivity contribution is 0.0448. The van der Waals surface area contributed by atoms with Crippen LogP contribution < -0.4 is 5.73 Å². The number of rotatable bonds is 2. The van der Waals surface area contributed by atoms with E-state index >= 15 is 0 Å². The van der Waals surface area contributed by atoms with Crippen molar-refractivity contribution in [3.8, 4) is 0 Å². The van der Waals surface area contributed by atoms with Gasteiger partial charge in [0.05, 0.1) is 6.61 Å². The smallest absolute Gasteiger partial charge is 0.0512 e. The van der Waals surface area contributed by atoms with Crippen molar-refractivity contribution in [1.82, 2.24) is 0 Å². The summed E-state index contributed by atoms with van der Waals surface area (Å²) in [4.78, 5) is 0. The average Bonchev–Trinajstić information content (AvgIpc) is 2.28. The molecule has 0 bridgehead atoms. The molecule has 1 aromatic carbocycles. The van der Waals surface area contributed by atoms with Gasteiger partial charge in [-0.25, -0.2) is 0 Å². The lowest BCUT2D eigenvalue weighted by Crippen LogP contribution is -2.29. The van der Waals surface area contributed by atoms with Crippen LogP contribution >= 0.6 is 23.2 Å². The standard InChI is InChI=1S/C12H15Cl2NO/c13-10-4-9(5-11(14)6-10)12(15)8-2-1-3-16-7-8/h4-6,8,12H,1-3,7,15H2. The predicted molar refractivity (Wildman–Crippen MR) is 66.9 cm³/mol. The van der Waals surface area contributed by atoms with E-state index < -0.39 is 0 Å². The highest BCUT2D eigenvalue weighted by molar-refractivity contribution is 6.34. The van der Waals surface area contributed by atoms with Crippen molar-refractivity contribution in [2.45, 2.75) is 18.9 Å². The van der Waals surface area contributed by atoms with Crippen molar-refractivity contribution in [2.75, 3.05) is 13.2 Å². The second kappa shape index (κ2) is 5.37. The molecule has 0 aromatic heterocycles. The van der Waals surface area contributed by atoms with Gasteiger partial charge in [-0.1, -0.05) is 23.2 Å². The van der Waals surface area contributed by atoms with Crippen molar-refractivity contribution in [3.05, 3.63) is 33.8 Å². The van der Waals surface area contributed by atoms with Crippen LogP contribution in [0.2, 0.25) is 10.0 Å². The highest BCUT2D eigenvalue weighted by Gasteiger charge is 2.22. The Balaban J connectivity index is 2.15. The Hall–Kier alpha value is -0.280. The topological polar surface area (TPSA) is 35.2 Å². The van der Waals surface area contributed by atoms with E-state index in [9.17, 15) is 0 Å². The summed E-state index contributed by atoms with van der Waals surface area (Å²) in [5.41, 5.74) is 7.20. The lowest BCUT2D eigenvalue weighted by Gasteiger charge is -2.28. The van der Waals surface area contributed by atoms with Crippen LogP contribution in [0.5, 0.6) is 0 Å². The maximum atomic E-state index is 6.21. The van der Waals surface area contributed by atoms with Crippen LogP contribution in [0, 0.1) is 5.92 Å². The van der Waals surface area contributed by atoms with Gasteiger partial charge < -0.3 is 10.5 Å². The summed E-state index contributed by atoms with van der Waals surface area (Å²) in [5, 5.41) is 1.27. The Morgan fingerprint density at radius 2 is 1.94 bits per heavy atom. The second-order valence-corrected chi connectivity index (χ2v) is 5.08. The van der Waals surface area contributed by atoms with Crippen LogP contribution in [-0.2, 0) is 4.74 Å². The molecule has 0 saturated carbocycles. The van der Waals surface area contributed by atoms with Gasteiger partial charge in [0.2, 0.25) is 0 Å². The maximum Gasteiger partial charge on any atom is 0.0512 e. The summed E-state index contributed by atoms with van der Waals surface area (Å²) in [6.07, 6.45) is 2.18. The quantitative estimate of drug-likeness (QED) is 0.884. The van der Waals surface area contributed by atoms with E-state index in [1.165, 1.54) is 0 Å². The predicted octanol–water partition coefficient (Wildman–Crippen LogP) is 3.42. The number of hydrogen-bond acceptors (Lipinski definition) is 2. The van der Waals surface area contributed by atoms with E-state index in [0.717, 1.165) is 31.6 Å². The largest absolute Gasteiger partial charge is 0.381 e. The molecule has 2 unspecified atom stereocenters. The van der Waals surface area contributed by atoms with Gasteiger partial charge in [-0.05, 0) is 36.6 Å². The lowest BCUT2D eigenvalue weighted by atomic mass is 9.89. The summed E-state index contributed by atoms with van der Waals surface area (Å²) in [7, 11) is 0. The van der Waals surface area contributed by atoms with E-state index in [1.807, 2.05) is 12.1 Å². The molecule has 88 valence electrons. The fourth-order valence-electron chi connectivity index (χ4n) is 2.09. The molecule has 1 aliphatic rings. The van der Waals surface area contributed by atoms with Gasteiger partial charge in [0, 0.05) is 28.6 Å². The SMILES string of the molecule is NC(c1cc(Cl)cc(Cl)c1)C1CCCOC1. The molecule has 0 amide bonds. The molecule has 1 aromatic rings. The first-order chi connectivity index (χ1) is 7.66. The van der Waals surface area contributed by atoms with E-state index in [0.29, 0.717) is 16.0 Å². The first-order valence-corrected chi connectivity index (χ1v) is 6.22. The number of halogens is 2. The minimum absolute atomic E-state index is 0.0449. The Morgan fingerprint density at radius 3 is 2.50 bits per heavy atom. The summed E-state index contributed by atoms with van der Waals surface area (Å²) in [5.74, 6) is 0.364. The van der Waals surface area contributed by atoms with Crippen molar-refractivity contribution >= 4 is 23.2 Å². The molecule has 2 N–H and O–H groups in total. The summed E-state index contributed by atoms with van der Waals surface area (Å²) < 4.78 is 5.44. The van der Waals surface area contributed by atoms with Gasteiger partial charge in [0.15, 0.2) is 0 Å².